The predicted molar refractivity (Wildman–Crippen MR) is 91.2 cm³/mol. The lowest BCUT2D eigenvalue weighted by Gasteiger charge is -2.13. The summed E-state index contributed by atoms with van der Waals surface area (Å²) < 4.78 is 7.11. The lowest BCUT2D eigenvalue weighted by molar-refractivity contribution is -0.147. The van der Waals surface area contributed by atoms with Crippen molar-refractivity contribution in [1.29, 1.82) is 0 Å². The van der Waals surface area contributed by atoms with Crippen LogP contribution >= 0.6 is 11.6 Å². The number of rotatable bonds is 9. The van der Waals surface area contributed by atoms with Crippen molar-refractivity contribution in [2.75, 3.05) is 0 Å². The molecule has 0 saturated heterocycles. The molecular formula is C17H24ClN3O2. The van der Waals surface area contributed by atoms with Gasteiger partial charge in [0.15, 0.2) is 6.73 Å². The first-order valence-corrected chi connectivity index (χ1v) is 8.64. The van der Waals surface area contributed by atoms with Gasteiger partial charge >= 0.3 is 5.97 Å². The lowest BCUT2D eigenvalue weighted by atomic mass is 9.94. The third kappa shape index (κ3) is 4.93. The molecule has 2 heterocycles. The van der Waals surface area contributed by atoms with Crippen molar-refractivity contribution in [3.05, 3.63) is 23.7 Å². The summed E-state index contributed by atoms with van der Waals surface area (Å²) in [6.07, 6.45) is 9.31. The summed E-state index contributed by atoms with van der Waals surface area (Å²) in [6.45, 7) is 4.53. The number of halogens is 1. The van der Waals surface area contributed by atoms with E-state index < -0.39 is 0 Å². The highest BCUT2D eigenvalue weighted by atomic mass is 35.5. The maximum atomic E-state index is 11.9. The molecule has 6 heteroatoms. The van der Waals surface area contributed by atoms with E-state index in [1.807, 2.05) is 6.07 Å². The number of carbonyl (C=O) groups is 1. The Morgan fingerprint density at radius 2 is 2.17 bits per heavy atom. The third-order valence-electron chi connectivity index (χ3n) is 4.17. The summed E-state index contributed by atoms with van der Waals surface area (Å²) in [5.41, 5.74) is 0.673. The van der Waals surface area contributed by atoms with Crippen molar-refractivity contribution in [2.24, 2.45) is 5.92 Å². The average molecular weight is 338 g/mol. The second-order valence-corrected chi connectivity index (χ2v) is 6.15. The fraction of sp³-hybridized carbons (Fsp3) is 0.588. The SMILES string of the molecule is CCCCC(CC)CCC(=O)OCn1ccc2c(Cl)ncnc21. The van der Waals surface area contributed by atoms with Gasteiger partial charge in [-0.1, -0.05) is 51.1 Å². The molecule has 0 aliphatic heterocycles. The second-order valence-electron chi connectivity index (χ2n) is 5.79. The van der Waals surface area contributed by atoms with E-state index >= 15 is 0 Å². The highest BCUT2D eigenvalue weighted by Crippen LogP contribution is 2.21. The maximum absolute atomic E-state index is 11.9. The molecule has 2 rings (SSSR count). The van der Waals surface area contributed by atoms with Crippen LogP contribution in [0.3, 0.4) is 0 Å². The van der Waals surface area contributed by atoms with Crippen LogP contribution < -0.4 is 0 Å². The van der Waals surface area contributed by atoms with Crippen molar-refractivity contribution in [3.8, 4) is 0 Å². The Labute approximate surface area is 142 Å². The Kier molecular flexibility index (Phi) is 6.84. The molecular weight excluding hydrogens is 314 g/mol. The largest absolute Gasteiger partial charge is 0.444 e. The van der Waals surface area contributed by atoms with Gasteiger partial charge in [-0.3, -0.25) is 9.36 Å². The van der Waals surface area contributed by atoms with E-state index in [1.165, 1.54) is 25.6 Å². The fourth-order valence-electron chi connectivity index (χ4n) is 2.66. The number of nitrogens with zero attached hydrogens (tertiary/aromatic N) is 3. The fourth-order valence-corrected chi connectivity index (χ4v) is 2.85. The van der Waals surface area contributed by atoms with E-state index in [2.05, 4.69) is 23.8 Å². The molecule has 0 aliphatic carbocycles. The molecule has 1 atom stereocenters. The van der Waals surface area contributed by atoms with Crippen LogP contribution in [0.15, 0.2) is 18.6 Å². The van der Waals surface area contributed by atoms with E-state index in [4.69, 9.17) is 16.3 Å². The van der Waals surface area contributed by atoms with Gasteiger partial charge in [0.05, 0.1) is 5.39 Å². The highest BCUT2D eigenvalue weighted by molar-refractivity contribution is 6.33. The van der Waals surface area contributed by atoms with Gasteiger partial charge in [0, 0.05) is 12.6 Å². The normalized spacial score (nSPS) is 12.5. The van der Waals surface area contributed by atoms with Crippen LogP contribution in [0.25, 0.3) is 11.0 Å². The van der Waals surface area contributed by atoms with Crippen molar-refractivity contribution in [3.63, 3.8) is 0 Å². The number of hydrogen-bond donors (Lipinski definition) is 0. The van der Waals surface area contributed by atoms with Crippen molar-refractivity contribution < 1.29 is 9.53 Å². The molecule has 23 heavy (non-hydrogen) atoms. The molecule has 5 nitrogen and oxygen atoms in total. The molecule has 1 unspecified atom stereocenters. The molecule has 0 bridgehead atoms. The van der Waals surface area contributed by atoms with Crippen LogP contribution in [0.2, 0.25) is 5.15 Å². The van der Waals surface area contributed by atoms with Crippen molar-refractivity contribution in [2.45, 2.75) is 59.1 Å². The number of ether oxygens (including phenoxy) is 1. The minimum Gasteiger partial charge on any atom is -0.444 e. The zero-order chi connectivity index (χ0) is 16.7. The molecule has 0 aliphatic rings. The standard InChI is InChI=1S/C17H24ClN3O2/c1-3-5-6-13(4-2)7-8-15(22)23-12-21-10-9-14-16(18)19-11-20-17(14)21/h9-11,13H,3-8,12H2,1-2H3. The van der Waals surface area contributed by atoms with Gasteiger partial charge in [-0.25, -0.2) is 9.97 Å². The van der Waals surface area contributed by atoms with E-state index in [0.29, 0.717) is 23.1 Å². The molecule has 0 saturated carbocycles. The predicted octanol–water partition coefficient (Wildman–Crippen LogP) is 4.58. The first-order valence-electron chi connectivity index (χ1n) is 8.26. The van der Waals surface area contributed by atoms with E-state index in [0.717, 1.165) is 18.2 Å². The van der Waals surface area contributed by atoms with Crippen molar-refractivity contribution in [1.82, 2.24) is 14.5 Å². The summed E-state index contributed by atoms with van der Waals surface area (Å²) in [4.78, 5) is 20.1. The number of unbranched alkanes of at least 4 members (excludes halogenated alkanes) is 1. The molecule has 0 N–H and O–H groups in total. The number of hydrogen-bond acceptors (Lipinski definition) is 4. The van der Waals surface area contributed by atoms with Gasteiger partial charge in [-0.15, -0.1) is 0 Å². The first-order chi connectivity index (χ1) is 11.2. The minimum absolute atomic E-state index is 0.154. The Morgan fingerprint density at radius 3 is 2.91 bits per heavy atom. The molecule has 2 aromatic heterocycles. The average Bonchev–Trinajstić information content (AvgIpc) is 2.98. The Morgan fingerprint density at radius 1 is 1.35 bits per heavy atom. The van der Waals surface area contributed by atoms with Crippen LogP contribution in [-0.2, 0) is 16.3 Å². The van der Waals surface area contributed by atoms with Gasteiger partial charge in [0.1, 0.15) is 17.1 Å². The van der Waals surface area contributed by atoms with Gasteiger partial charge < -0.3 is 4.74 Å². The van der Waals surface area contributed by atoms with Crippen LogP contribution in [-0.4, -0.2) is 20.5 Å². The smallest absolute Gasteiger partial charge is 0.307 e. The van der Waals surface area contributed by atoms with Crippen molar-refractivity contribution >= 4 is 28.6 Å². The summed E-state index contributed by atoms with van der Waals surface area (Å²) in [5, 5.41) is 1.16. The molecule has 0 aromatic carbocycles. The zero-order valence-corrected chi connectivity index (χ0v) is 14.6. The summed E-state index contributed by atoms with van der Waals surface area (Å²) in [6, 6.07) is 1.82. The number of carbonyl (C=O) groups excluding carboxylic acids is 1. The van der Waals surface area contributed by atoms with Gasteiger partial charge in [0.2, 0.25) is 0 Å². The summed E-state index contributed by atoms with van der Waals surface area (Å²) in [7, 11) is 0. The molecule has 0 amide bonds. The third-order valence-corrected chi connectivity index (χ3v) is 4.47. The summed E-state index contributed by atoms with van der Waals surface area (Å²) in [5.74, 6) is 0.448. The lowest BCUT2D eigenvalue weighted by Crippen LogP contribution is -2.11. The molecule has 0 spiro atoms. The Hall–Kier alpha value is -1.62. The van der Waals surface area contributed by atoms with Crippen LogP contribution in [0.5, 0.6) is 0 Å². The van der Waals surface area contributed by atoms with Crippen LogP contribution in [0, 0.1) is 5.92 Å². The zero-order valence-electron chi connectivity index (χ0n) is 13.8. The van der Waals surface area contributed by atoms with Gasteiger partial charge in [0.25, 0.3) is 0 Å². The molecule has 126 valence electrons. The molecule has 0 fully saturated rings. The second kappa shape index (κ2) is 8.87. The number of esters is 1. The van der Waals surface area contributed by atoms with E-state index in [1.54, 1.807) is 10.8 Å². The van der Waals surface area contributed by atoms with Crippen LogP contribution in [0.4, 0.5) is 0 Å². The number of fused-ring (bicyclic) bond motifs is 1. The topological polar surface area (TPSA) is 57.0 Å². The van der Waals surface area contributed by atoms with Gasteiger partial charge in [-0.05, 0) is 18.4 Å². The van der Waals surface area contributed by atoms with Crippen LogP contribution in [0.1, 0.15) is 52.4 Å². The molecule has 0 radical (unpaired) electrons. The monoisotopic (exact) mass is 337 g/mol. The molecule has 2 aromatic rings. The highest BCUT2D eigenvalue weighted by Gasteiger charge is 2.12. The minimum atomic E-state index is -0.165. The van der Waals surface area contributed by atoms with E-state index in [9.17, 15) is 4.79 Å². The Balaban J connectivity index is 1.83. The number of aromatic nitrogens is 3. The Bertz CT molecular complexity index is 642. The maximum Gasteiger partial charge on any atom is 0.307 e. The first kappa shape index (κ1) is 17.7. The van der Waals surface area contributed by atoms with Gasteiger partial charge in [-0.2, -0.15) is 0 Å². The van der Waals surface area contributed by atoms with E-state index in [-0.39, 0.29) is 12.7 Å². The summed E-state index contributed by atoms with van der Waals surface area (Å²) >= 11 is 6.00. The quantitative estimate of drug-likeness (QED) is 0.496.